The van der Waals surface area contributed by atoms with Crippen molar-refractivity contribution in [1.29, 1.82) is 0 Å². The predicted octanol–water partition coefficient (Wildman–Crippen LogP) is 2.09. The number of aromatic hydroxyl groups is 1. The normalized spacial score (nSPS) is 10.3. The van der Waals surface area contributed by atoms with Crippen LogP contribution >= 0.6 is 0 Å². The maximum Gasteiger partial charge on any atom is 0.259 e. The molecular formula is C15H16N2O3. The van der Waals surface area contributed by atoms with Crippen LogP contribution in [0.1, 0.15) is 28.4 Å². The predicted molar refractivity (Wildman–Crippen MR) is 75.6 cm³/mol. The number of aryl methyl sites for hydroxylation is 1. The molecule has 0 spiro atoms. The van der Waals surface area contributed by atoms with Crippen molar-refractivity contribution in [2.75, 3.05) is 5.32 Å². The van der Waals surface area contributed by atoms with E-state index in [2.05, 4.69) is 10.3 Å². The van der Waals surface area contributed by atoms with Crippen LogP contribution in [0.5, 0.6) is 5.75 Å². The molecule has 2 aromatic rings. The Morgan fingerprint density at radius 1 is 1.30 bits per heavy atom. The number of amides is 1. The molecule has 5 heteroatoms. The van der Waals surface area contributed by atoms with Crippen molar-refractivity contribution in [3.63, 3.8) is 0 Å². The molecule has 0 saturated heterocycles. The molecule has 0 atom stereocenters. The molecule has 0 bridgehead atoms. The summed E-state index contributed by atoms with van der Waals surface area (Å²) in [4.78, 5) is 16.1. The average Bonchev–Trinajstić information content (AvgIpc) is 2.48. The summed E-state index contributed by atoms with van der Waals surface area (Å²) in [5.41, 5.74) is 1.92. The third-order valence-corrected chi connectivity index (χ3v) is 3.08. The smallest absolute Gasteiger partial charge is 0.259 e. The highest BCUT2D eigenvalue weighted by Crippen LogP contribution is 2.24. The van der Waals surface area contributed by atoms with Gasteiger partial charge in [0.15, 0.2) is 0 Å². The second-order valence-electron chi connectivity index (χ2n) is 4.31. The molecule has 5 nitrogen and oxygen atoms in total. The minimum absolute atomic E-state index is 0.0121. The first-order chi connectivity index (χ1) is 9.67. The molecule has 1 heterocycles. The third kappa shape index (κ3) is 2.78. The Morgan fingerprint density at radius 3 is 2.80 bits per heavy atom. The minimum atomic E-state index is -0.430. The molecule has 20 heavy (non-hydrogen) atoms. The van der Waals surface area contributed by atoms with Gasteiger partial charge in [-0.2, -0.15) is 0 Å². The first-order valence-electron chi connectivity index (χ1n) is 6.33. The van der Waals surface area contributed by atoms with Gasteiger partial charge >= 0.3 is 0 Å². The van der Waals surface area contributed by atoms with Crippen LogP contribution in [0.25, 0.3) is 0 Å². The van der Waals surface area contributed by atoms with E-state index in [0.717, 1.165) is 0 Å². The zero-order chi connectivity index (χ0) is 14.5. The average molecular weight is 272 g/mol. The quantitative estimate of drug-likeness (QED) is 0.796. The molecular weight excluding hydrogens is 256 g/mol. The number of benzene rings is 1. The van der Waals surface area contributed by atoms with Gasteiger partial charge in [0.05, 0.1) is 24.1 Å². The van der Waals surface area contributed by atoms with Gasteiger partial charge in [-0.1, -0.05) is 19.1 Å². The van der Waals surface area contributed by atoms with Crippen molar-refractivity contribution >= 4 is 11.6 Å². The molecule has 0 unspecified atom stereocenters. The Kier molecular flexibility index (Phi) is 4.32. The number of nitrogens with zero attached hydrogens (tertiary/aromatic N) is 1. The van der Waals surface area contributed by atoms with Crippen LogP contribution in [0, 0.1) is 0 Å². The maximum atomic E-state index is 12.2. The lowest BCUT2D eigenvalue weighted by molar-refractivity contribution is 0.102. The summed E-state index contributed by atoms with van der Waals surface area (Å²) in [7, 11) is 0. The summed E-state index contributed by atoms with van der Waals surface area (Å²) in [6.45, 7) is 1.71. The topological polar surface area (TPSA) is 82.5 Å². The van der Waals surface area contributed by atoms with Crippen LogP contribution in [-0.4, -0.2) is 21.1 Å². The van der Waals surface area contributed by atoms with Crippen LogP contribution in [0.4, 0.5) is 5.69 Å². The van der Waals surface area contributed by atoms with Crippen LogP contribution in [0.3, 0.4) is 0 Å². The molecule has 0 aliphatic heterocycles. The molecule has 0 fully saturated rings. The number of aliphatic hydroxyl groups is 1. The molecule has 3 N–H and O–H groups in total. The van der Waals surface area contributed by atoms with E-state index >= 15 is 0 Å². The summed E-state index contributed by atoms with van der Waals surface area (Å²) in [6.07, 6.45) is 3.64. The fourth-order valence-corrected chi connectivity index (χ4v) is 1.92. The Hall–Kier alpha value is -2.40. The zero-order valence-corrected chi connectivity index (χ0v) is 11.1. The second kappa shape index (κ2) is 6.16. The van der Waals surface area contributed by atoms with E-state index in [-0.39, 0.29) is 17.9 Å². The van der Waals surface area contributed by atoms with E-state index < -0.39 is 5.91 Å². The van der Waals surface area contributed by atoms with Crippen molar-refractivity contribution in [2.45, 2.75) is 20.0 Å². The largest absolute Gasteiger partial charge is 0.507 e. The number of para-hydroxylation sites is 1. The van der Waals surface area contributed by atoms with Crippen LogP contribution < -0.4 is 5.32 Å². The van der Waals surface area contributed by atoms with E-state index in [0.29, 0.717) is 23.2 Å². The number of hydrogen-bond donors (Lipinski definition) is 3. The number of pyridine rings is 1. The maximum absolute atomic E-state index is 12.2. The van der Waals surface area contributed by atoms with Gasteiger partial charge in [-0.25, -0.2) is 0 Å². The summed E-state index contributed by atoms with van der Waals surface area (Å²) < 4.78 is 0. The number of aliphatic hydroxyl groups excluding tert-OH is 1. The van der Waals surface area contributed by atoms with Crippen LogP contribution in [-0.2, 0) is 13.0 Å². The summed E-state index contributed by atoms with van der Waals surface area (Å²) >= 11 is 0. The van der Waals surface area contributed by atoms with Crippen LogP contribution in [0.2, 0.25) is 0 Å². The zero-order valence-electron chi connectivity index (χ0n) is 11.1. The lowest BCUT2D eigenvalue weighted by Gasteiger charge is -2.11. The number of phenols is 1. The third-order valence-electron chi connectivity index (χ3n) is 3.08. The summed E-state index contributed by atoms with van der Waals surface area (Å²) in [5, 5.41) is 21.9. The molecule has 0 aliphatic rings. The standard InChI is InChI=1S/C15H16N2O3/c1-2-10-4-3-5-12(14(10)19)15(20)17-13-8-16-7-6-11(13)9-18/h3-8,18-19H,2,9H2,1H3,(H,17,20). The fraction of sp³-hybridized carbons (Fsp3) is 0.200. The minimum Gasteiger partial charge on any atom is -0.507 e. The Bertz CT molecular complexity index is 626. The van der Waals surface area contributed by atoms with E-state index in [1.54, 1.807) is 24.3 Å². The Morgan fingerprint density at radius 2 is 2.10 bits per heavy atom. The molecule has 1 aromatic heterocycles. The summed E-state index contributed by atoms with van der Waals surface area (Å²) in [6, 6.07) is 6.68. The van der Waals surface area contributed by atoms with Gasteiger partial charge in [0.2, 0.25) is 0 Å². The number of aromatic nitrogens is 1. The van der Waals surface area contributed by atoms with Crippen molar-refractivity contribution in [2.24, 2.45) is 0 Å². The lowest BCUT2D eigenvalue weighted by Crippen LogP contribution is -2.14. The molecule has 1 amide bonds. The van der Waals surface area contributed by atoms with E-state index in [1.165, 1.54) is 12.4 Å². The number of hydrogen-bond acceptors (Lipinski definition) is 4. The summed E-state index contributed by atoms with van der Waals surface area (Å²) in [5.74, 6) is -0.442. The highest BCUT2D eigenvalue weighted by molar-refractivity contribution is 6.06. The number of anilines is 1. The first-order valence-corrected chi connectivity index (χ1v) is 6.33. The molecule has 104 valence electrons. The van der Waals surface area contributed by atoms with E-state index in [1.807, 2.05) is 6.92 Å². The van der Waals surface area contributed by atoms with E-state index in [9.17, 15) is 15.0 Å². The van der Waals surface area contributed by atoms with Gasteiger partial charge in [0.1, 0.15) is 5.75 Å². The van der Waals surface area contributed by atoms with Crippen molar-refractivity contribution in [1.82, 2.24) is 4.98 Å². The number of phenolic OH excluding ortho intramolecular Hbond substituents is 1. The first kappa shape index (κ1) is 14.0. The monoisotopic (exact) mass is 272 g/mol. The molecule has 0 saturated carbocycles. The number of carbonyl (C=O) groups is 1. The highest BCUT2D eigenvalue weighted by atomic mass is 16.3. The van der Waals surface area contributed by atoms with Gasteiger partial charge < -0.3 is 15.5 Å². The van der Waals surface area contributed by atoms with Gasteiger partial charge in [-0.3, -0.25) is 9.78 Å². The van der Waals surface area contributed by atoms with Crippen molar-refractivity contribution in [3.8, 4) is 5.75 Å². The second-order valence-corrected chi connectivity index (χ2v) is 4.31. The number of rotatable bonds is 4. The van der Waals surface area contributed by atoms with Gasteiger partial charge in [0, 0.05) is 11.8 Å². The Balaban J connectivity index is 2.29. The number of nitrogens with one attached hydrogen (secondary N) is 1. The van der Waals surface area contributed by atoms with Crippen molar-refractivity contribution in [3.05, 3.63) is 53.3 Å². The number of carbonyl (C=O) groups excluding carboxylic acids is 1. The van der Waals surface area contributed by atoms with Gasteiger partial charge in [-0.15, -0.1) is 0 Å². The SMILES string of the molecule is CCc1cccc(C(=O)Nc2cnccc2CO)c1O. The highest BCUT2D eigenvalue weighted by Gasteiger charge is 2.14. The van der Waals surface area contributed by atoms with Crippen molar-refractivity contribution < 1.29 is 15.0 Å². The van der Waals surface area contributed by atoms with Gasteiger partial charge in [0.25, 0.3) is 5.91 Å². The Labute approximate surface area is 116 Å². The molecule has 0 aliphatic carbocycles. The lowest BCUT2D eigenvalue weighted by atomic mass is 10.1. The molecule has 2 rings (SSSR count). The molecule has 1 aromatic carbocycles. The fourth-order valence-electron chi connectivity index (χ4n) is 1.92. The van der Waals surface area contributed by atoms with E-state index in [4.69, 9.17) is 0 Å². The van der Waals surface area contributed by atoms with Crippen LogP contribution in [0.15, 0.2) is 36.7 Å². The molecule has 0 radical (unpaired) electrons. The van der Waals surface area contributed by atoms with Gasteiger partial charge in [-0.05, 0) is 24.1 Å².